The van der Waals surface area contributed by atoms with Gasteiger partial charge in [-0.3, -0.25) is 9.36 Å². The summed E-state index contributed by atoms with van der Waals surface area (Å²) in [6.07, 6.45) is -4.46. The molecule has 24 heavy (non-hydrogen) atoms. The number of halogens is 3. The fraction of sp³-hybridized carbons (Fsp3) is 0.294. The number of carbonyl (C=O) groups excluding carboxylic acids is 1. The van der Waals surface area contributed by atoms with E-state index >= 15 is 0 Å². The topological polar surface area (TPSA) is 48.3 Å². The van der Waals surface area contributed by atoms with Gasteiger partial charge in [-0.1, -0.05) is 0 Å². The maximum Gasteiger partial charge on any atom is 0.416 e. The van der Waals surface area contributed by atoms with Gasteiger partial charge in [0.2, 0.25) is 0 Å². The van der Waals surface area contributed by atoms with Crippen LogP contribution in [-0.2, 0) is 10.9 Å². The fourth-order valence-corrected chi connectivity index (χ4v) is 2.52. The minimum atomic E-state index is -4.46. The van der Waals surface area contributed by atoms with Crippen LogP contribution >= 0.6 is 0 Å². The van der Waals surface area contributed by atoms with Crippen molar-refractivity contribution in [3.05, 3.63) is 63.1 Å². The van der Waals surface area contributed by atoms with Gasteiger partial charge in [0, 0.05) is 17.4 Å². The summed E-state index contributed by atoms with van der Waals surface area (Å²) in [4.78, 5) is 24.3. The first-order valence-corrected chi connectivity index (χ1v) is 7.24. The molecular formula is C17H16F3NO3. The summed E-state index contributed by atoms with van der Waals surface area (Å²) in [5.74, 6) is -0.576. The summed E-state index contributed by atoms with van der Waals surface area (Å²) in [6.45, 7) is 5.00. The van der Waals surface area contributed by atoms with Crippen LogP contribution in [0, 0.1) is 13.8 Å². The third kappa shape index (κ3) is 3.34. The van der Waals surface area contributed by atoms with E-state index in [0.29, 0.717) is 11.3 Å². The number of aromatic nitrogens is 1. The average Bonchev–Trinajstić information content (AvgIpc) is 2.46. The zero-order valence-corrected chi connectivity index (χ0v) is 13.4. The molecule has 128 valence electrons. The number of alkyl halides is 3. The number of rotatable bonds is 3. The molecule has 1 aromatic heterocycles. The Morgan fingerprint density at radius 3 is 2.25 bits per heavy atom. The van der Waals surface area contributed by atoms with Gasteiger partial charge in [0.1, 0.15) is 0 Å². The van der Waals surface area contributed by atoms with E-state index in [-0.39, 0.29) is 17.9 Å². The van der Waals surface area contributed by atoms with Crippen molar-refractivity contribution in [3.8, 4) is 5.69 Å². The van der Waals surface area contributed by atoms with Crippen LogP contribution in [0.1, 0.15) is 34.1 Å². The molecule has 0 aliphatic carbocycles. The molecule has 0 saturated carbocycles. The molecule has 0 radical (unpaired) electrons. The average molecular weight is 339 g/mol. The van der Waals surface area contributed by atoms with E-state index in [1.165, 1.54) is 22.8 Å². The fourth-order valence-electron chi connectivity index (χ4n) is 2.52. The molecule has 7 heteroatoms. The molecule has 0 unspecified atom stereocenters. The van der Waals surface area contributed by atoms with Gasteiger partial charge in [0.15, 0.2) is 0 Å². The number of pyridine rings is 1. The van der Waals surface area contributed by atoms with Gasteiger partial charge >= 0.3 is 12.1 Å². The standard InChI is InChI=1S/C17H16F3NO3/c1-4-24-16(23)15-10(2)9-14(22)21(11(15)3)13-7-5-12(6-8-13)17(18,19)20/h5-9H,4H2,1-3H3. The van der Waals surface area contributed by atoms with Crippen molar-refractivity contribution in [2.75, 3.05) is 6.61 Å². The Morgan fingerprint density at radius 2 is 1.75 bits per heavy atom. The lowest BCUT2D eigenvalue weighted by Gasteiger charge is -2.16. The largest absolute Gasteiger partial charge is 0.462 e. The quantitative estimate of drug-likeness (QED) is 0.802. The van der Waals surface area contributed by atoms with E-state index in [2.05, 4.69) is 0 Å². The summed E-state index contributed by atoms with van der Waals surface area (Å²) in [6, 6.07) is 5.44. The van der Waals surface area contributed by atoms with Crippen LogP contribution < -0.4 is 5.56 Å². The van der Waals surface area contributed by atoms with Gasteiger partial charge < -0.3 is 4.74 Å². The van der Waals surface area contributed by atoms with Gasteiger partial charge in [0.25, 0.3) is 5.56 Å². The number of benzene rings is 1. The molecule has 0 bridgehead atoms. The lowest BCUT2D eigenvalue weighted by Crippen LogP contribution is -2.25. The highest BCUT2D eigenvalue weighted by atomic mass is 19.4. The van der Waals surface area contributed by atoms with Crippen LogP contribution in [-0.4, -0.2) is 17.1 Å². The number of ether oxygens (including phenoxy) is 1. The number of aryl methyl sites for hydroxylation is 1. The van der Waals surface area contributed by atoms with E-state index in [1.807, 2.05) is 0 Å². The summed E-state index contributed by atoms with van der Waals surface area (Å²) < 4.78 is 44.2. The predicted octanol–water partition coefficient (Wildman–Crippen LogP) is 3.65. The zero-order valence-electron chi connectivity index (χ0n) is 13.4. The van der Waals surface area contributed by atoms with E-state index in [0.717, 1.165) is 12.1 Å². The molecule has 1 heterocycles. The van der Waals surface area contributed by atoms with Crippen molar-refractivity contribution in [3.63, 3.8) is 0 Å². The van der Waals surface area contributed by atoms with E-state index in [9.17, 15) is 22.8 Å². The molecule has 0 aliphatic rings. The Kier molecular flexibility index (Phi) is 4.82. The predicted molar refractivity (Wildman–Crippen MR) is 82.5 cm³/mol. The smallest absolute Gasteiger partial charge is 0.416 e. The van der Waals surface area contributed by atoms with Crippen molar-refractivity contribution in [2.45, 2.75) is 26.9 Å². The van der Waals surface area contributed by atoms with Gasteiger partial charge in [0.05, 0.1) is 17.7 Å². The van der Waals surface area contributed by atoms with Gasteiger partial charge in [-0.05, 0) is 50.6 Å². The summed E-state index contributed by atoms with van der Waals surface area (Å²) in [5.41, 5.74) is 0.0113. The molecule has 0 atom stereocenters. The van der Waals surface area contributed by atoms with Gasteiger partial charge in [-0.2, -0.15) is 13.2 Å². The van der Waals surface area contributed by atoms with Crippen LogP contribution in [0.25, 0.3) is 5.69 Å². The van der Waals surface area contributed by atoms with Crippen molar-refractivity contribution >= 4 is 5.97 Å². The van der Waals surface area contributed by atoms with Crippen molar-refractivity contribution in [1.29, 1.82) is 0 Å². The third-order valence-electron chi connectivity index (χ3n) is 3.58. The van der Waals surface area contributed by atoms with Gasteiger partial charge in [-0.25, -0.2) is 4.79 Å². The Hall–Kier alpha value is -2.57. The first-order valence-electron chi connectivity index (χ1n) is 7.24. The molecule has 0 N–H and O–H groups in total. The highest BCUT2D eigenvalue weighted by Crippen LogP contribution is 2.29. The summed E-state index contributed by atoms with van der Waals surface area (Å²) >= 11 is 0. The van der Waals surface area contributed by atoms with Crippen LogP contribution in [0.15, 0.2) is 35.1 Å². The lowest BCUT2D eigenvalue weighted by atomic mass is 10.1. The van der Waals surface area contributed by atoms with Crippen molar-refractivity contribution in [2.24, 2.45) is 0 Å². The van der Waals surface area contributed by atoms with E-state index in [4.69, 9.17) is 4.74 Å². The van der Waals surface area contributed by atoms with Crippen LogP contribution in [0.5, 0.6) is 0 Å². The second-order valence-electron chi connectivity index (χ2n) is 5.23. The molecule has 0 amide bonds. The molecule has 0 saturated heterocycles. The minimum Gasteiger partial charge on any atom is -0.462 e. The van der Waals surface area contributed by atoms with Crippen molar-refractivity contribution in [1.82, 2.24) is 4.57 Å². The van der Waals surface area contributed by atoms with Crippen LogP contribution in [0.2, 0.25) is 0 Å². The maximum atomic E-state index is 12.7. The summed E-state index contributed by atoms with van der Waals surface area (Å²) in [5, 5.41) is 0. The molecule has 2 rings (SSSR count). The van der Waals surface area contributed by atoms with Gasteiger partial charge in [-0.15, -0.1) is 0 Å². The molecular weight excluding hydrogens is 323 g/mol. The van der Waals surface area contributed by atoms with Crippen LogP contribution in [0.3, 0.4) is 0 Å². The highest BCUT2D eigenvalue weighted by Gasteiger charge is 2.30. The number of hydrogen-bond acceptors (Lipinski definition) is 3. The highest BCUT2D eigenvalue weighted by molar-refractivity contribution is 5.92. The normalized spacial score (nSPS) is 11.4. The van der Waals surface area contributed by atoms with E-state index < -0.39 is 23.3 Å². The minimum absolute atomic E-state index is 0.178. The Bertz CT molecular complexity index is 821. The maximum absolute atomic E-state index is 12.7. The zero-order chi connectivity index (χ0) is 18.1. The number of esters is 1. The van der Waals surface area contributed by atoms with Crippen LogP contribution in [0.4, 0.5) is 13.2 Å². The summed E-state index contributed by atoms with van der Waals surface area (Å²) in [7, 11) is 0. The molecule has 2 aromatic rings. The molecule has 1 aromatic carbocycles. The Balaban J connectivity index is 2.61. The lowest BCUT2D eigenvalue weighted by molar-refractivity contribution is -0.137. The molecule has 0 spiro atoms. The van der Waals surface area contributed by atoms with E-state index in [1.54, 1.807) is 20.8 Å². The molecule has 0 fully saturated rings. The first-order chi connectivity index (χ1) is 11.2. The second-order valence-corrected chi connectivity index (χ2v) is 5.23. The number of carbonyl (C=O) groups is 1. The van der Waals surface area contributed by atoms with Crippen molar-refractivity contribution < 1.29 is 22.7 Å². The Labute approximate surface area is 136 Å². The second kappa shape index (κ2) is 6.51. The monoisotopic (exact) mass is 339 g/mol. The molecule has 0 aliphatic heterocycles. The third-order valence-corrected chi connectivity index (χ3v) is 3.58. The SMILES string of the molecule is CCOC(=O)c1c(C)cc(=O)n(-c2ccc(C(F)(F)F)cc2)c1C. The number of hydrogen-bond donors (Lipinski definition) is 0. The number of nitrogens with zero attached hydrogens (tertiary/aromatic N) is 1. The first kappa shape index (κ1) is 17.8. The molecule has 4 nitrogen and oxygen atoms in total. The Morgan fingerprint density at radius 1 is 1.17 bits per heavy atom.